The summed E-state index contributed by atoms with van der Waals surface area (Å²) >= 11 is 1.30. The molecule has 29 heavy (non-hydrogen) atoms. The van der Waals surface area contributed by atoms with E-state index in [1.807, 2.05) is 20.8 Å². The number of nitrogens with one attached hydrogen (secondary N) is 1. The van der Waals surface area contributed by atoms with E-state index in [4.69, 9.17) is 4.74 Å². The Morgan fingerprint density at radius 3 is 2.69 bits per heavy atom. The van der Waals surface area contributed by atoms with E-state index in [2.05, 4.69) is 15.5 Å². The topological polar surface area (TPSA) is 101 Å². The number of hydrogen-bond acceptors (Lipinski definition) is 7. The van der Waals surface area contributed by atoms with Gasteiger partial charge in [0, 0.05) is 24.1 Å². The van der Waals surface area contributed by atoms with Gasteiger partial charge < -0.3 is 4.74 Å². The molecule has 0 saturated carbocycles. The van der Waals surface area contributed by atoms with Crippen molar-refractivity contribution < 1.29 is 17.9 Å². The summed E-state index contributed by atoms with van der Waals surface area (Å²) in [5.74, 6) is -0.0120. The molecule has 158 valence electrons. The van der Waals surface area contributed by atoms with Crippen LogP contribution in [-0.4, -0.2) is 48.5 Å². The maximum atomic E-state index is 13.3. The highest BCUT2D eigenvalue weighted by Crippen LogP contribution is 2.32. The molecule has 1 aromatic heterocycles. The van der Waals surface area contributed by atoms with E-state index >= 15 is 0 Å². The van der Waals surface area contributed by atoms with Crippen molar-refractivity contribution in [2.24, 2.45) is 0 Å². The molecule has 1 saturated heterocycles. The van der Waals surface area contributed by atoms with Gasteiger partial charge in [-0.05, 0) is 38.0 Å². The largest absolute Gasteiger partial charge is 0.495 e. The molecule has 1 aliphatic heterocycles. The molecule has 0 bridgehead atoms. The molecular weight excluding hydrogens is 412 g/mol. The van der Waals surface area contributed by atoms with Gasteiger partial charge >= 0.3 is 0 Å². The number of nitrogens with zero attached hydrogens (tertiary/aromatic N) is 3. The van der Waals surface area contributed by atoms with Crippen molar-refractivity contribution in [2.45, 2.75) is 56.9 Å². The summed E-state index contributed by atoms with van der Waals surface area (Å²) in [6.07, 6.45) is 2.64. The van der Waals surface area contributed by atoms with Gasteiger partial charge in [-0.25, -0.2) is 8.42 Å². The summed E-state index contributed by atoms with van der Waals surface area (Å²) in [7, 11) is -2.37. The molecule has 1 aromatic carbocycles. The highest BCUT2D eigenvalue weighted by Gasteiger charge is 2.33. The van der Waals surface area contributed by atoms with Crippen molar-refractivity contribution in [1.82, 2.24) is 14.5 Å². The second-order valence-corrected chi connectivity index (χ2v) is 10.2. The standard InChI is InChI=1S/C19H26N4O4S2/c1-12(2)18-21-22-19(28-18)20-17(24)14-8-9-15(27-4)16(11-14)29(25,26)23-10-6-5-7-13(23)3/h8-9,11-13H,5-7,10H2,1-4H3,(H,20,22,24)/t13-/m1/s1. The minimum absolute atomic E-state index is 0.00142. The van der Waals surface area contributed by atoms with Crippen LogP contribution in [0.3, 0.4) is 0 Å². The van der Waals surface area contributed by atoms with Crippen LogP contribution in [0.2, 0.25) is 0 Å². The van der Waals surface area contributed by atoms with Crippen LogP contribution in [-0.2, 0) is 10.0 Å². The first-order chi connectivity index (χ1) is 13.7. The summed E-state index contributed by atoms with van der Waals surface area (Å²) in [6.45, 7) is 6.36. The Morgan fingerprint density at radius 2 is 2.07 bits per heavy atom. The second kappa shape index (κ2) is 8.76. The quantitative estimate of drug-likeness (QED) is 0.741. The van der Waals surface area contributed by atoms with Gasteiger partial charge in [0.1, 0.15) is 15.7 Å². The average molecular weight is 439 g/mol. The zero-order valence-corrected chi connectivity index (χ0v) is 18.6. The Bertz CT molecular complexity index is 988. The number of sulfonamides is 1. The number of carbonyl (C=O) groups excluding carboxylic acids is 1. The predicted molar refractivity (Wildman–Crippen MR) is 112 cm³/mol. The summed E-state index contributed by atoms with van der Waals surface area (Å²) in [6, 6.07) is 4.33. The van der Waals surface area contributed by atoms with Crippen molar-refractivity contribution in [3.05, 3.63) is 28.8 Å². The van der Waals surface area contributed by atoms with Crippen LogP contribution < -0.4 is 10.1 Å². The molecule has 0 radical (unpaired) electrons. The molecule has 3 rings (SSSR count). The third-order valence-corrected chi connectivity index (χ3v) is 8.08. The number of ether oxygens (including phenoxy) is 1. The lowest BCUT2D eigenvalue weighted by molar-refractivity contribution is 0.102. The number of benzene rings is 1. The van der Waals surface area contributed by atoms with E-state index in [1.54, 1.807) is 0 Å². The van der Waals surface area contributed by atoms with Crippen molar-refractivity contribution in [3.8, 4) is 5.75 Å². The summed E-state index contributed by atoms with van der Waals surface area (Å²) < 4.78 is 33.3. The number of methoxy groups -OCH3 is 1. The molecule has 2 heterocycles. The molecule has 1 N–H and O–H groups in total. The van der Waals surface area contributed by atoms with Gasteiger partial charge in [0.05, 0.1) is 7.11 Å². The second-order valence-electron chi connectivity index (χ2n) is 7.38. The third-order valence-electron chi connectivity index (χ3n) is 4.91. The van der Waals surface area contributed by atoms with Crippen LogP contribution in [0.4, 0.5) is 5.13 Å². The lowest BCUT2D eigenvalue weighted by Gasteiger charge is -2.32. The predicted octanol–water partition coefficient (Wildman–Crippen LogP) is 3.49. The smallest absolute Gasteiger partial charge is 0.257 e. The van der Waals surface area contributed by atoms with Gasteiger partial charge in [0.25, 0.3) is 5.91 Å². The Labute approximate surface area is 175 Å². The lowest BCUT2D eigenvalue weighted by atomic mass is 10.1. The number of amides is 1. The first-order valence-corrected chi connectivity index (χ1v) is 11.8. The molecule has 0 aliphatic carbocycles. The van der Waals surface area contributed by atoms with Crippen LogP contribution in [0, 0.1) is 0 Å². The van der Waals surface area contributed by atoms with Crippen LogP contribution in [0.5, 0.6) is 5.75 Å². The van der Waals surface area contributed by atoms with Crippen LogP contribution in [0.1, 0.15) is 61.3 Å². The fraction of sp³-hybridized carbons (Fsp3) is 0.526. The number of aromatic nitrogens is 2. The number of piperidine rings is 1. The van der Waals surface area contributed by atoms with Crippen LogP contribution >= 0.6 is 11.3 Å². The zero-order chi connectivity index (χ0) is 21.2. The van der Waals surface area contributed by atoms with Crippen LogP contribution in [0.25, 0.3) is 0 Å². The summed E-state index contributed by atoms with van der Waals surface area (Å²) in [4.78, 5) is 12.7. The van der Waals surface area contributed by atoms with Crippen molar-refractivity contribution >= 4 is 32.4 Å². The lowest BCUT2D eigenvalue weighted by Crippen LogP contribution is -2.42. The molecule has 1 atom stereocenters. The van der Waals surface area contributed by atoms with E-state index in [9.17, 15) is 13.2 Å². The highest BCUT2D eigenvalue weighted by atomic mass is 32.2. The molecule has 2 aromatic rings. The molecule has 10 heteroatoms. The average Bonchev–Trinajstić information content (AvgIpc) is 3.16. The van der Waals surface area contributed by atoms with Crippen molar-refractivity contribution in [1.29, 1.82) is 0 Å². The molecule has 0 unspecified atom stereocenters. The molecule has 1 fully saturated rings. The van der Waals surface area contributed by atoms with Gasteiger partial charge in [-0.3, -0.25) is 10.1 Å². The monoisotopic (exact) mass is 438 g/mol. The minimum Gasteiger partial charge on any atom is -0.495 e. The van der Waals surface area contributed by atoms with Crippen molar-refractivity contribution in [2.75, 3.05) is 19.0 Å². The number of carbonyl (C=O) groups is 1. The van der Waals surface area contributed by atoms with Gasteiger partial charge in [-0.1, -0.05) is 31.6 Å². The Kier molecular flexibility index (Phi) is 6.55. The molecule has 8 nitrogen and oxygen atoms in total. The normalized spacial score (nSPS) is 18.0. The Balaban J connectivity index is 1.90. The molecule has 1 amide bonds. The van der Waals surface area contributed by atoms with Crippen LogP contribution in [0.15, 0.2) is 23.1 Å². The van der Waals surface area contributed by atoms with Gasteiger partial charge in [0.2, 0.25) is 15.2 Å². The Hall–Kier alpha value is -2.04. The fourth-order valence-electron chi connectivity index (χ4n) is 3.26. The maximum Gasteiger partial charge on any atom is 0.257 e. The molecular formula is C19H26N4O4S2. The first kappa shape index (κ1) is 21.7. The third kappa shape index (κ3) is 4.59. The van der Waals surface area contributed by atoms with Gasteiger partial charge in [-0.2, -0.15) is 4.31 Å². The fourth-order valence-corrected chi connectivity index (χ4v) is 5.89. The maximum absolute atomic E-state index is 13.3. The Morgan fingerprint density at radius 1 is 1.31 bits per heavy atom. The van der Waals surface area contributed by atoms with E-state index in [0.717, 1.165) is 24.3 Å². The highest BCUT2D eigenvalue weighted by molar-refractivity contribution is 7.89. The first-order valence-electron chi connectivity index (χ1n) is 9.58. The minimum atomic E-state index is -3.79. The van der Waals surface area contributed by atoms with E-state index in [-0.39, 0.29) is 28.2 Å². The summed E-state index contributed by atoms with van der Waals surface area (Å²) in [5.41, 5.74) is 0.218. The van der Waals surface area contributed by atoms with Gasteiger partial charge in [-0.15, -0.1) is 10.2 Å². The molecule has 0 spiro atoms. The number of rotatable bonds is 6. The molecule has 1 aliphatic rings. The van der Waals surface area contributed by atoms with Gasteiger partial charge in [0.15, 0.2) is 0 Å². The van der Waals surface area contributed by atoms with E-state index in [1.165, 1.54) is 41.0 Å². The van der Waals surface area contributed by atoms with E-state index in [0.29, 0.717) is 11.7 Å². The van der Waals surface area contributed by atoms with E-state index < -0.39 is 15.9 Å². The number of anilines is 1. The summed E-state index contributed by atoms with van der Waals surface area (Å²) in [5, 5.41) is 11.9. The zero-order valence-electron chi connectivity index (χ0n) is 17.0. The SMILES string of the molecule is COc1ccc(C(=O)Nc2nnc(C(C)C)s2)cc1S(=O)(=O)N1CCCC[C@H]1C. The van der Waals surface area contributed by atoms with Crippen molar-refractivity contribution in [3.63, 3.8) is 0 Å². The number of hydrogen-bond donors (Lipinski definition) is 1.